The maximum absolute atomic E-state index is 11.4. The molecule has 10 heteroatoms. The summed E-state index contributed by atoms with van der Waals surface area (Å²) in [5, 5.41) is 24.3. The predicted octanol–water partition coefficient (Wildman–Crippen LogP) is 4.90. The van der Waals surface area contributed by atoms with Crippen LogP contribution in [0, 0.1) is 20.2 Å². The van der Waals surface area contributed by atoms with Crippen molar-refractivity contribution in [3.8, 4) is 11.3 Å². The van der Waals surface area contributed by atoms with Crippen LogP contribution < -0.4 is 4.80 Å². The van der Waals surface area contributed by atoms with E-state index in [2.05, 4.69) is 9.98 Å². The first-order valence-corrected chi connectivity index (χ1v) is 10.5. The number of non-ortho nitro benzene ring substituents is 1. The van der Waals surface area contributed by atoms with Crippen LogP contribution in [0.3, 0.4) is 0 Å². The molecule has 0 fully saturated rings. The maximum Gasteiger partial charge on any atom is 0.294 e. The van der Waals surface area contributed by atoms with Gasteiger partial charge in [0.15, 0.2) is 4.80 Å². The lowest BCUT2D eigenvalue weighted by atomic mass is 10.1. The number of benzene rings is 2. The quantitative estimate of drug-likeness (QED) is 0.295. The molecule has 0 unspecified atom stereocenters. The Balaban J connectivity index is 1.80. The number of rotatable bonds is 7. The average Bonchev–Trinajstić information content (AvgIpc) is 3.21. The van der Waals surface area contributed by atoms with Gasteiger partial charge in [-0.05, 0) is 35.9 Å². The number of aryl methyl sites for hydroxylation is 1. The molecule has 0 amide bonds. The van der Waals surface area contributed by atoms with E-state index in [-0.39, 0.29) is 17.1 Å². The SMILES string of the molecule is O=[N+]([O-])c1ccc(-c2csc(=Nc3ccccc3[N+](=O)[O-])n2CCc2ccccn2)cc1. The van der Waals surface area contributed by atoms with Crippen LogP contribution >= 0.6 is 11.3 Å². The first-order chi connectivity index (χ1) is 15.5. The van der Waals surface area contributed by atoms with Crippen molar-refractivity contribution >= 4 is 28.4 Å². The Bertz CT molecular complexity index is 1330. The van der Waals surface area contributed by atoms with Crippen LogP contribution in [0.5, 0.6) is 0 Å². The van der Waals surface area contributed by atoms with E-state index in [0.29, 0.717) is 17.8 Å². The fourth-order valence-corrected chi connectivity index (χ4v) is 4.16. The average molecular weight is 447 g/mol. The van der Waals surface area contributed by atoms with Gasteiger partial charge >= 0.3 is 0 Å². The zero-order valence-corrected chi connectivity index (χ0v) is 17.5. The Morgan fingerprint density at radius 3 is 2.38 bits per heavy atom. The number of pyridine rings is 1. The molecule has 0 saturated carbocycles. The number of hydrogen-bond acceptors (Lipinski definition) is 7. The Labute approximate surface area is 186 Å². The van der Waals surface area contributed by atoms with E-state index < -0.39 is 9.85 Å². The summed E-state index contributed by atoms with van der Waals surface area (Å²) in [5.41, 5.74) is 2.71. The van der Waals surface area contributed by atoms with Crippen molar-refractivity contribution in [3.63, 3.8) is 0 Å². The molecule has 2 aromatic heterocycles. The minimum Gasteiger partial charge on any atom is -0.316 e. The Morgan fingerprint density at radius 1 is 0.938 bits per heavy atom. The monoisotopic (exact) mass is 447 g/mol. The van der Waals surface area contributed by atoms with Gasteiger partial charge in [-0.25, -0.2) is 4.99 Å². The highest BCUT2D eigenvalue weighted by atomic mass is 32.1. The summed E-state index contributed by atoms with van der Waals surface area (Å²) in [6, 6.07) is 18.3. The van der Waals surface area contributed by atoms with E-state index in [1.54, 1.807) is 36.5 Å². The number of nitrogens with zero attached hydrogens (tertiary/aromatic N) is 5. The van der Waals surface area contributed by atoms with Gasteiger partial charge in [0.1, 0.15) is 5.69 Å². The lowest BCUT2D eigenvalue weighted by Crippen LogP contribution is -2.17. The molecule has 4 rings (SSSR count). The summed E-state index contributed by atoms with van der Waals surface area (Å²) < 4.78 is 1.96. The van der Waals surface area contributed by atoms with Gasteiger partial charge in [0.05, 0.1) is 15.5 Å². The molecule has 160 valence electrons. The van der Waals surface area contributed by atoms with Crippen LogP contribution in [0.15, 0.2) is 83.3 Å². The second kappa shape index (κ2) is 9.31. The van der Waals surface area contributed by atoms with Gasteiger partial charge < -0.3 is 4.57 Å². The Kier molecular flexibility index (Phi) is 6.13. The number of nitro benzene ring substituents is 2. The molecule has 0 radical (unpaired) electrons. The molecule has 32 heavy (non-hydrogen) atoms. The van der Waals surface area contributed by atoms with Crippen LogP contribution in [-0.2, 0) is 13.0 Å². The topological polar surface area (TPSA) is 116 Å². The molecule has 2 heterocycles. The summed E-state index contributed by atoms with van der Waals surface area (Å²) in [6.45, 7) is 0.534. The van der Waals surface area contributed by atoms with Gasteiger partial charge in [-0.1, -0.05) is 18.2 Å². The van der Waals surface area contributed by atoms with E-state index >= 15 is 0 Å². The Hall–Kier alpha value is -4.18. The summed E-state index contributed by atoms with van der Waals surface area (Å²) in [7, 11) is 0. The molecular weight excluding hydrogens is 430 g/mol. The van der Waals surface area contributed by atoms with Gasteiger partial charge in [0.25, 0.3) is 11.4 Å². The third-order valence-electron chi connectivity index (χ3n) is 4.78. The van der Waals surface area contributed by atoms with E-state index in [0.717, 1.165) is 17.0 Å². The van der Waals surface area contributed by atoms with Gasteiger partial charge in [-0.3, -0.25) is 25.2 Å². The zero-order valence-electron chi connectivity index (χ0n) is 16.7. The van der Waals surface area contributed by atoms with Gasteiger partial charge in [0, 0.05) is 48.4 Å². The van der Waals surface area contributed by atoms with Crippen LogP contribution in [0.4, 0.5) is 17.1 Å². The molecule has 9 nitrogen and oxygen atoms in total. The second-order valence-electron chi connectivity index (χ2n) is 6.79. The number of thiazole rings is 1. The van der Waals surface area contributed by atoms with Crippen LogP contribution in [0.25, 0.3) is 11.3 Å². The van der Waals surface area contributed by atoms with Crippen molar-refractivity contribution < 1.29 is 9.85 Å². The summed E-state index contributed by atoms with van der Waals surface area (Å²) in [4.78, 5) is 31.0. The fourth-order valence-electron chi connectivity index (χ4n) is 3.21. The molecular formula is C22H17N5O4S. The van der Waals surface area contributed by atoms with Crippen LogP contribution in [-0.4, -0.2) is 19.4 Å². The van der Waals surface area contributed by atoms with E-state index in [1.165, 1.54) is 29.5 Å². The van der Waals surface area contributed by atoms with Gasteiger partial charge in [0.2, 0.25) is 0 Å². The van der Waals surface area contributed by atoms with E-state index in [9.17, 15) is 20.2 Å². The van der Waals surface area contributed by atoms with Gasteiger partial charge in [-0.2, -0.15) is 0 Å². The molecule has 0 spiro atoms. The molecule has 0 aliphatic heterocycles. The standard InChI is InChI=1S/C22H17N5O4S/c28-26(29)18-10-8-16(9-11-18)21-15-32-22(24-19-6-1-2-7-20(19)27(30)31)25(21)14-12-17-5-3-4-13-23-17/h1-11,13,15H,12,14H2. The first-order valence-electron chi connectivity index (χ1n) is 9.64. The van der Waals surface area contributed by atoms with Crippen molar-refractivity contribution in [3.05, 3.63) is 109 Å². The highest BCUT2D eigenvalue weighted by molar-refractivity contribution is 7.07. The minimum atomic E-state index is -0.456. The summed E-state index contributed by atoms with van der Waals surface area (Å²) >= 11 is 1.35. The normalized spacial score (nSPS) is 11.4. The molecule has 4 aromatic rings. The highest BCUT2D eigenvalue weighted by Gasteiger charge is 2.14. The largest absolute Gasteiger partial charge is 0.316 e. The summed E-state index contributed by atoms with van der Waals surface area (Å²) in [6.07, 6.45) is 2.35. The molecule has 0 saturated heterocycles. The number of hydrogen-bond donors (Lipinski definition) is 0. The molecule has 0 aliphatic carbocycles. The molecule has 0 N–H and O–H groups in total. The molecule has 0 aliphatic rings. The lowest BCUT2D eigenvalue weighted by molar-refractivity contribution is -0.384. The van der Waals surface area contributed by atoms with Crippen molar-refractivity contribution in [1.29, 1.82) is 0 Å². The van der Waals surface area contributed by atoms with Crippen molar-refractivity contribution in [2.45, 2.75) is 13.0 Å². The van der Waals surface area contributed by atoms with Crippen LogP contribution in [0.1, 0.15) is 5.69 Å². The van der Waals surface area contributed by atoms with E-state index in [4.69, 9.17) is 0 Å². The van der Waals surface area contributed by atoms with Crippen molar-refractivity contribution in [2.75, 3.05) is 0 Å². The fraction of sp³-hybridized carbons (Fsp3) is 0.0909. The highest BCUT2D eigenvalue weighted by Crippen LogP contribution is 2.27. The molecule has 0 atom stereocenters. The predicted molar refractivity (Wildman–Crippen MR) is 121 cm³/mol. The third kappa shape index (κ3) is 4.60. The van der Waals surface area contributed by atoms with Crippen molar-refractivity contribution in [2.24, 2.45) is 4.99 Å². The zero-order chi connectivity index (χ0) is 22.5. The van der Waals surface area contributed by atoms with Gasteiger partial charge in [-0.15, -0.1) is 11.3 Å². The second-order valence-corrected chi connectivity index (χ2v) is 7.62. The number of para-hydroxylation sites is 2. The minimum absolute atomic E-state index is 0.00818. The van der Waals surface area contributed by atoms with E-state index in [1.807, 2.05) is 28.1 Å². The third-order valence-corrected chi connectivity index (χ3v) is 5.65. The van der Waals surface area contributed by atoms with Crippen molar-refractivity contribution in [1.82, 2.24) is 9.55 Å². The lowest BCUT2D eigenvalue weighted by Gasteiger charge is -2.09. The Morgan fingerprint density at radius 2 is 1.69 bits per heavy atom. The molecule has 2 aromatic carbocycles. The number of nitro groups is 2. The molecule has 0 bridgehead atoms. The smallest absolute Gasteiger partial charge is 0.294 e. The summed E-state index contributed by atoms with van der Waals surface area (Å²) in [5.74, 6) is 0. The first kappa shape index (κ1) is 21.1. The van der Waals surface area contributed by atoms with Crippen LogP contribution in [0.2, 0.25) is 0 Å². The number of aromatic nitrogens is 2. The maximum atomic E-state index is 11.4.